The smallest absolute Gasteiger partial charge is 0.328 e. The van der Waals surface area contributed by atoms with Gasteiger partial charge >= 0.3 is 12.0 Å². The second-order valence-electron chi connectivity index (χ2n) is 5.31. The molecule has 19 heavy (non-hydrogen) atoms. The van der Waals surface area contributed by atoms with Gasteiger partial charge in [-0.25, -0.2) is 9.59 Å². The van der Waals surface area contributed by atoms with Gasteiger partial charge in [0.15, 0.2) is 6.04 Å². The molecule has 0 aromatic rings. The number of hydrogen-bond acceptors (Lipinski definition) is 4. The number of urea groups is 1. The Balaban J connectivity index is 1.94. The molecule has 3 N–H and O–H groups in total. The van der Waals surface area contributed by atoms with Crippen molar-refractivity contribution in [3.63, 3.8) is 0 Å². The maximum atomic E-state index is 12.0. The predicted octanol–water partition coefficient (Wildman–Crippen LogP) is -0.690. The van der Waals surface area contributed by atoms with Crippen molar-refractivity contribution in [2.75, 3.05) is 26.7 Å². The van der Waals surface area contributed by atoms with Crippen molar-refractivity contribution in [1.82, 2.24) is 15.1 Å². The number of hydrogen-bond donors (Lipinski definition) is 3. The van der Waals surface area contributed by atoms with Crippen molar-refractivity contribution >= 4 is 12.0 Å². The number of rotatable bonds is 3. The van der Waals surface area contributed by atoms with Gasteiger partial charge in [-0.2, -0.15) is 0 Å². The first kappa shape index (κ1) is 14.1. The fourth-order valence-corrected chi connectivity index (χ4v) is 2.92. The highest BCUT2D eigenvalue weighted by Gasteiger charge is 2.36. The van der Waals surface area contributed by atoms with Crippen LogP contribution in [0.2, 0.25) is 0 Å². The number of likely N-dealkylation sites (tertiary alicyclic amines) is 1. The Morgan fingerprint density at radius 1 is 1.32 bits per heavy atom. The normalized spacial score (nSPS) is 28.8. The van der Waals surface area contributed by atoms with Crippen LogP contribution in [-0.4, -0.2) is 76.9 Å². The first-order chi connectivity index (χ1) is 9.02. The SMILES string of the molecule is CN1C2CCC1CN(C(=O)N[C@H](CO)C(=O)O)CC2. The minimum absolute atomic E-state index is 0.357. The van der Waals surface area contributed by atoms with Gasteiger partial charge in [-0.15, -0.1) is 0 Å². The third-order valence-corrected chi connectivity index (χ3v) is 4.21. The van der Waals surface area contributed by atoms with Crippen molar-refractivity contribution < 1.29 is 19.8 Å². The zero-order valence-electron chi connectivity index (χ0n) is 11.1. The molecule has 0 aliphatic carbocycles. The summed E-state index contributed by atoms with van der Waals surface area (Å²) in [4.78, 5) is 26.8. The molecule has 2 bridgehead atoms. The number of carbonyl (C=O) groups is 2. The van der Waals surface area contributed by atoms with Crippen molar-refractivity contribution in [2.45, 2.75) is 37.4 Å². The third kappa shape index (κ3) is 2.98. The van der Waals surface area contributed by atoms with Crippen LogP contribution in [0.1, 0.15) is 19.3 Å². The van der Waals surface area contributed by atoms with Crippen molar-refractivity contribution in [1.29, 1.82) is 0 Å². The molecule has 7 heteroatoms. The van der Waals surface area contributed by atoms with E-state index in [-0.39, 0.29) is 0 Å². The average molecular weight is 271 g/mol. The topological polar surface area (TPSA) is 93.1 Å². The van der Waals surface area contributed by atoms with E-state index >= 15 is 0 Å². The lowest BCUT2D eigenvalue weighted by Gasteiger charge is -2.27. The number of nitrogens with zero attached hydrogens (tertiary/aromatic N) is 2. The van der Waals surface area contributed by atoms with Crippen LogP contribution in [-0.2, 0) is 4.79 Å². The van der Waals surface area contributed by atoms with Crippen LogP contribution in [0.15, 0.2) is 0 Å². The molecule has 2 amide bonds. The summed E-state index contributed by atoms with van der Waals surface area (Å²) in [6.45, 7) is 0.659. The highest BCUT2D eigenvalue weighted by Crippen LogP contribution is 2.28. The maximum absolute atomic E-state index is 12.0. The summed E-state index contributed by atoms with van der Waals surface area (Å²) in [5.74, 6) is -1.22. The lowest BCUT2D eigenvalue weighted by Crippen LogP contribution is -2.51. The lowest BCUT2D eigenvalue weighted by atomic mass is 10.1. The number of carboxylic acid groups (broad SMARTS) is 1. The minimum Gasteiger partial charge on any atom is -0.480 e. The van der Waals surface area contributed by atoms with Gasteiger partial charge in [-0.3, -0.25) is 4.90 Å². The average Bonchev–Trinajstić information content (AvgIpc) is 2.59. The Kier molecular flexibility index (Phi) is 4.26. The molecular formula is C12H21N3O4. The molecule has 2 aliphatic heterocycles. The molecule has 0 aromatic carbocycles. The molecule has 0 aromatic heterocycles. The van der Waals surface area contributed by atoms with Gasteiger partial charge in [0, 0.05) is 25.2 Å². The minimum atomic E-state index is -1.23. The fraction of sp³-hybridized carbons (Fsp3) is 0.833. The molecular weight excluding hydrogens is 250 g/mol. The lowest BCUT2D eigenvalue weighted by molar-refractivity contribution is -0.140. The fourth-order valence-electron chi connectivity index (χ4n) is 2.92. The Hall–Kier alpha value is -1.34. The number of nitrogens with one attached hydrogen (secondary N) is 1. The molecule has 2 saturated heterocycles. The van der Waals surface area contributed by atoms with Gasteiger partial charge in [0.25, 0.3) is 0 Å². The van der Waals surface area contributed by atoms with E-state index in [1.54, 1.807) is 4.90 Å². The molecule has 2 unspecified atom stereocenters. The largest absolute Gasteiger partial charge is 0.480 e. The quantitative estimate of drug-likeness (QED) is 0.632. The number of aliphatic carboxylic acids is 1. The molecule has 3 atom stereocenters. The molecule has 0 spiro atoms. The molecule has 2 fully saturated rings. The second kappa shape index (κ2) is 5.75. The van der Waals surface area contributed by atoms with Gasteiger partial charge in [-0.1, -0.05) is 0 Å². The van der Waals surface area contributed by atoms with E-state index in [2.05, 4.69) is 17.3 Å². The zero-order chi connectivity index (χ0) is 14.0. The summed E-state index contributed by atoms with van der Waals surface area (Å²) in [5, 5.41) is 20.1. The van der Waals surface area contributed by atoms with E-state index in [9.17, 15) is 9.59 Å². The number of amides is 2. The maximum Gasteiger partial charge on any atom is 0.328 e. The number of likely N-dealkylation sites (N-methyl/N-ethyl adjacent to an activating group) is 1. The monoisotopic (exact) mass is 271 g/mol. The van der Waals surface area contributed by atoms with Crippen LogP contribution in [0.3, 0.4) is 0 Å². The van der Waals surface area contributed by atoms with E-state index in [4.69, 9.17) is 10.2 Å². The van der Waals surface area contributed by atoms with Crippen LogP contribution >= 0.6 is 0 Å². The van der Waals surface area contributed by atoms with E-state index < -0.39 is 24.6 Å². The number of carbonyl (C=O) groups excluding carboxylic acids is 1. The number of aliphatic hydroxyl groups excluding tert-OH is 1. The number of carboxylic acids is 1. The van der Waals surface area contributed by atoms with Crippen LogP contribution in [0.25, 0.3) is 0 Å². The summed E-state index contributed by atoms with van der Waals surface area (Å²) >= 11 is 0. The molecule has 0 radical (unpaired) electrons. The Labute approximate surface area is 112 Å². The van der Waals surface area contributed by atoms with E-state index in [0.29, 0.717) is 25.2 Å². The van der Waals surface area contributed by atoms with Crippen molar-refractivity contribution in [3.05, 3.63) is 0 Å². The second-order valence-corrected chi connectivity index (χ2v) is 5.31. The highest BCUT2D eigenvalue weighted by molar-refractivity contribution is 5.82. The molecule has 2 aliphatic rings. The Bertz CT molecular complexity index is 363. The molecule has 2 rings (SSSR count). The summed E-state index contributed by atoms with van der Waals surface area (Å²) in [6, 6.07) is -0.750. The summed E-state index contributed by atoms with van der Waals surface area (Å²) in [6.07, 6.45) is 3.16. The number of fused-ring (bicyclic) bond motifs is 2. The van der Waals surface area contributed by atoms with Gasteiger partial charge < -0.3 is 20.4 Å². The van der Waals surface area contributed by atoms with Crippen molar-refractivity contribution in [3.8, 4) is 0 Å². The first-order valence-electron chi connectivity index (χ1n) is 6.64. The predicted molar refractivity (Wildman–Crippen MR) is 67.8 cm³/mol. The van der Waals surface area contributed by atoms with Crippen LogP contribution < -0.4 is 5.32 Å². The van der Waals surface area contributed by atoms with Crippen LogP contribution in [0.5, 0.6) is 0 Å². The van der Waals surface area contributed by atoms with E-state index in [0.717, 1.165) is 12.8 Å². The summed E-state index contributed by atoms with van der Waals surface area (Å²) in [7, 11) is 2.08. The molecule has 0 saturated carbocycles. The van der Waals surface area contributed by atoms with E-state index in [1.807, 2.05) is 0 Å². The highest BCUT2D eigenvalue weighted by atomic mass is 16.4. The summed E-state index contributed by atoms with van der Waals surface area (Å²) in [5.41, 5.74) is 0. The Morgan fingerprint density at radius 2 is 2.00 bits per heavy atom. The van der Waals surface area contributed by atoms with Gasteiger partial charge in [0.2, 0.25) is 0 Å². The molecule has 2 heterocycles. The van der Waals surface area contributed by atoms with Crippen LogP contribution in [0.4, 0.5) is 4.79 Å². The van der Waals surface area contributed by atoms with Gasteiger partial charge in [0.05, 0.1) is 6.61 Å². The van der Waals surface area contributed by atoms with E-state index in [1.165, 1.54) is 6.42 Å². The molecule has 7 nitrogen and oxygen atoms in total. The van der Waals surface area contributed by atoms with Gasteiger partial charge in [0.1, 0.15) is 0 Å². The third-order valence-electron chi connectivity index (χ3n) is 4.21. The standard InChI is InChI=1S/C12H21N3O4/c1-14-8-2-3-9(14)6-15(5-4-8)12(19)13-10(7-16)11(17)18/h8-10,16H,2-7H2,1H3,(H,13,19)(H,17,18)/t8?,9?,10-/m1/s1. The summed E-state index contributed by atoms with van der Waals surface area (Å²) < 4.78 is 0. The number of aliphatic hydroxyl groups is 1. The Morgan fingerprint density at radius 3 is 2.63 bits per heavy atom. The van der Waals surface area contributed by atoms with Crippen molar-refractivity contribution in [2.24, 2.45) is 0 Å². The zero-order valence-corrected chi connectivity index (χ0v) is 11.1. The first-order valence-corrected chi connectivity index (χ1v) is 6.64. The molecule has 108 valence electrons. The van der Waals surface area contributed by atoms with Crippen LogP contribution in [0, 0.1) is 0 Å². The van der Waals surface area contributed by atoms with Gasteiger partial charge in [-0.05, 0) is 26.3 Å².